The lowest BCUT2D eigenvalue weighted by molar-refractivity contribution is -0.00178. The number of carbonyl (C=O) groups is 1. The predicted octanol–water partition coefficient (Wildman–Crippen LogP) is 4.00. The Morgan fingerprint density at radius 3 is 2.87 bits per heavy atom. The molecule has 30 heavy (non-hydrogen) atoms. The maximum absolute atomic E-state index is 14.8. The second-order valence-corrected chi connectivity index (χ2v) is 8.83. The molecule has 4 rings (SSSR count). The Hall–Kier alpha value is -2.97. The number of nitrogens with one attached hydrogen (secondary N) is 1. The number of hydrogen-bond acceptors (Lipinski definition) is 5. The molecule has 1 aliphatic rings. The maximum Gasteiger partial charge on any atom is 0.261 e. The van der Waals surface area contributed by atoms with Crippen molar-refractivity contribution >= 4 is 34.6 Å². The third-order valence-corrected chi connectivity index (χ3v) is 5.93. The lowest BCUT2D eigenvalue weighted by atomic mass is 9.95. The highest BCUT2D eigenvalue weighted by Crippen LogP contribution is 2.28. The Morgan fingerprint density at radius 1 is 1.33 bits per heavy atom. The van der Waals surface area contributed by atoms with Crippen LogP contribution in [-0.4, -0.2) is 28.3 Å². The maximum atomic E-state index is 14.8. The summed E-state index contributed by atoms with van der Waals surface area (Å²) in [7, 11) is 0. The minimum atomic E-state index is -0.798. The number of nitrogens with zero attached hydrogens (tertiary/aromatic N) is 2. The van der Waals surface area contributed by atoms with Gasteiger partial charge in [-0.3, -0.25) is 14.2 Å². The van der Waals surface area contributed by atoms with E-state index in [9.17, 15) is 14.0 Å². The van der Waals surface area contributed by atoms with Crippen molar-refractivity contribution in [2.75, 3.05) is 6.54 Å². The van der Waals surface area contributed by atoms with Gasteiger partial charge in [0, 0.05) is 24.2 Å². The molecule has 3 heterocycles. The highest BCUT2D eigenvalue weighted by Gasteiger charge is 2.36. The van der Waals surface area contributed by atoms with Crippen LogP contribution < -0.4 is 10.9 Å². The van der Waals surface area contributed by atoms with Gasteiger partial charge in [0.25, 0.3) is 11.5 Å². The van der Waals surface area contributed by atoms with Gasteiger partial charge < -0.3 is 10.2 Å². The summed E-state index contributed by atoms with van der Waals surface area (Å²) in [4.78, 5) is 30.2. The summed E-state index contributed by atoms with van der Waals surface area (Å²) in [6.07, 6.45) is 1.90. The van der Waals surface area contributed by atoms with Gasteiger partial charge in [-0.05, 0) is 43.3 Å². The average Bonchev–Trinajstić information content (AvgIpc) is 3.33. The van der Waals surface area contributed by atoms with Crippen LogP contribution in [-0.2, 0) is 4.84 Å². The van der Waals surface area contributed by atoms with Crippen LogP contribution in [0.3, 0.4) is 0 Å². The SMILES string of the molecule is CC1(CNC(=O)c2ccc(Cl)s2)CC(c2ccc(-n3ccccc3=O)cc2F)=NO1. The highest BCUT2D eigenvalue weighted by atomic mass is 35.5. The van der Waals surface area contributed by atoms with Crippen LogP contribution in [0.4, 0.5) is 4.39 Å². The molecule has 9 heteroatoms. The summed E-state index contributed by atoms with van der Waals surface area (Å²) >= 11 is 7.05. The molecular weight excluding hydrogens is 429 g/mol. The lowest BCUT2D eigenvalue weighted by Crippen LogP contribution is -2.40. The van der Waals surface area contributed by atoms with Crippen LogP contribution in [0.2, 0.25) is 4.34 Å². The van der Waals surface area contributed by atoms with Gasteiger partial charge in [0.15, 0.2) is 5.60 Å². The van der Waals surface area contributed by atoms with E-state index in [1.807, 2.05) is 0 Å². The molecule has 0 saturated heterocycles. The first-order chi connectivity index (χ1) is 14.3. The monoisotopic (exact) mass is 445 g/mol. The first-order valence-electron chi connectivity index (χ1n) is 9.11. The van der Waals surface area contributed by atoms with Crippen LogP contribution in [0, 0.1) is 5.82 Å². The molecule has 0 radical (unpaired) electrons. The van der Waals surface area contributed by atoms with Gasteiger partial charge in [0.2, 0.25) is 0 Å². The summed E-state index contributed by atoms with van der Waals surface area (Å²) in [6, 6.07) is 12.6. The van der Waals surface area contributed by atoms with Gasteiger partial charge in [0.1, 0.15) is 5.82 Å². The normalized spacial score (nSPS) is 18.0. The molecule has 0 aliphatic carbocycles. The van der Waals surface area contributed by atoms with E-state index in [1.54, 1.807) is 49.5 Å². The van der Waals surface area contributed by atoms with E-state index >= 15 is 0 Å². The van der Waals surface area contributed by atoms with Crippen molar-refractivity contribution in [3.8, 4) is 5.69 Å². The molecule has 1 N–H and O–H groups in total. The van der Waals surface area contributed by atoms with Crippen molar-refractivity contribution in [1.29, 1.82) is 0 Å². The number of carbonyl (C=O) groups excluding carboxylic acids is 1. The molecule has 154 valence electrons. The quantitative estimate of drug-likeness (QED) is 0.645. The minimum Gasteiger partial charge on any atom is -0.387 e. The molecular formula is C21H17ClFN3O3S. The van der Waals surface area contributed by atoms with Crippen molar-refractivity contribution in [3.63, 3.8) is 0 Å². The molecule has 0 bridgehead atoms. The number of hydrogen-bond donors (Lipinski definition) is 1. The Balaban J connectivity index is 1.45. The van der Waals surface area contributed by atoms with Crippen LogP contribution >= 0.6 is 22.9 Å². The van der Waals surface area contributed by atoms with E-state index in [-0.39, 0.29) is 18.0 Å². The van der Waals surface area contributed by atoms with E-state index in [0.29, 0.717) is 32.6 Å². The third kappa shape index (κ3) is 4.15. The highest BCUT2D eigenvalue weighted by molar-refractivity contribution is 7.18. The second-order valence-electron chi connectivity index (χ2n) is 7.12. The smallest absolute Gasteiger partial charge is 0.261 e. The molecule has 2 aromatic heterocycles. The zero-order valence-electron chi connectivity index (χ0n) is 15.9. The van der Waals surface area contributed by atoms with E-state index in [1.165, 1.54) is 28.0 Å². The summed E-state index contributed by atoms with van der Waals surface area (Å²) < 4.78 is 16.7. The molecule has 1 amide bonds. The van der Waals surface area contributed by atoms with Gasteiger partial charge >= 0.3 is 0 Å². The molecule has 1 aliphatic heterocycles. The Kier molecular flexibility index (Phi) is 5.44. The Bertz CT molecular complexity index is 1210. The van der Waals surface area contributed by atoms with Gasteiger partial charge in [-0.25, -0.2) is 4.39 Å². The van der Waals surface area contributed by atoms with Crippen LogP contribution in [0.1, 0.15) is 28.6 Å². The van der Waals surface area contributed by atoms with Crippen LogP contribution in [0.25, 0.3) is 5.69 Å². The number of halogens is 2. The second kappa shape index (κ2) is 8.04. The number of thiophene rings is 1. The van der Waals surface area contributed by atoms with Crippen molar-refractivity contribution in [2.24, 2.45) is 5.16 Å². The van der Waals surface area contributed by atoms with Crippen LogP contribution in [0.15, 0.2) is 64.7 Å². The average molecular weight is 446 g/mol. The fraction of sp³-hybridized carbons (Fsp3) is 0.190. The van der Waals surface area contributed by atoms with Crippen molar-refractivity contribution in [1.82, 2.24) is 9.88 Å². The zero-order chi connectivity index (χ0) is 21.3. The van der Waals surface area contributed by atoms with Gasteiger partial charge in [-0.1, -0.05) is 22.8 Å². The molecule has 0 saturated carbocycles. The summed E-state index contributed by atoms with van der Waals surface area (Å²) in [5, 5.41) is 6.83. The molecule has 1 atom stereocenters. The Labute approximate surface area is 180 Å². The number of rotatable bonds is 5. The van der Waals surface area contributed by atoms with E-state index in [4.69, 9.17) is 16.4 Å². The first kappa shape index (κ1) is 20.3. The standard InChI is InChI=1S/C21H17ClFN3O3S/c1-21(12-24-20(28)17-7-8-18(22)30-17)11-16(25-29-21)14-6-5-13(10-15(14)23)26-9-3-2-4-19(26)27/h2-10H,11-12H2,1H3,(H,24,28). The van der Waals surface area contributed by atoms with Crippen molar-refractivity contribution in [2.45, 2.75) is 18.9 Å². The molecule has 3 aromatic rings. The molecule has 0 spiro atoms. The Morgan fingerprint density at radius 2 is 2.17 bits per heavy atom. The van der Waals surface area contributed by atoms with Gasteiger partial charge in [-0.15, -0.1) is 11.3 Å². The lowest BCUT2D eigenvalue weighted by Gasteiger charge is -2.21. The van der Waals surface area contributed by atoms with E-state index in [0.717, 1.165) is 0 Å². The predicted molar refractivity (Wildman–Crippen MR) is 114 cm³/mol. The number of aromatic nitrogens is 1. The zero-order valence-corrected chi connectivity index (χ0v) is 17.5. The van der Waals surface area contributed by atoms with Gasteiger partial charge in [-0.2, -0.15) is 0 Å². The van der Waals surface area contributed by atoms with E-state index in [2.05, 4.69) is 10.5 Å². The van der Waals surface area contributed by atoms with Gasteiger partial charge in [0.05, 0.1) is 27.2 Å². The summed E-state index contributed by atoms with van der Waals surface area (Å²) in [6.45, 7) is 1.99. The largest absolute Gasteiger partial charge is 0.387 e. The van der Waals surface area contributed by atoms with E-state index < -0.39 is 11.4 Å². The van der Waals surface area contributed by atoms with Crippen LogP contribution in [0.5, 0.6) is 0 Å². The molecule has 1 aromatic carbocycles. The molecule has 0 fully saturated rings. The first-order valence-corrected chi connectivity index (χ1v) is 10.3. The number of benzene rings is 1. The topological polar surface area (TPSA) is 72.7 Å². The number of pyridine rings is 1. The summed E-state index contributed by atoms with van der Waals surface area (Å²) in [5.41, 5.74) is 0.110. The third-order valence-electron chi connectivity index (χ3n) is 4.70. The fourth-order valence-corrected chi connectivity index (χ4v) is 4.10. The van der Waals surface area contributed by atoms with Crippen molar-refractivity contribution in [3.05, 3.63) is 85.7 Å². The fourth-order valence-electron chi connectivity index (χ4n) is 3.14. The molecule has 1 unspecified atom stereocenters. The number of amides is 1. The summed E-state index contributed by atoms with van der Waals surface area (Å²) in [5.74, 6) is -0.763. The van der Waals surface area contributed by atoms with Crippen molar-refractivity contribution < 1.29 is 14.0 Å². The minimum absolute atomic E-state index is 0.202. The molecule has 6 nitrogen and oxygen atoms in total. The number of oxime groups is 1.